The number of hydrogen-bond acceptors (Lipinski definition) is 16. The van der Waals surface area contributed by atoms with Gasteiger partial charge in [0.15, 0.2) is 12.1 Å². The molecule has 3 aliphatic heterocycles. The number of carbonyl (C=O) groups excluding carboxylic acids is 1. The quantitative estimate of drug-likeness (QED) is 0.176. The summed E-state index contributed by atoms with van der Waals surface area (Å²) >= 11 is 0. The number of fused-ring (bicyclic) bond motifs is 2. The van der Waals surface area contributed by atoms with Gasteiger partial charge in [0.05, 0.1) is 79.6 Å². The molecule has 6 unspecified atom stereocenters. The summed E-state index contributed by atoms with van der Waals surface area (Å²) < 4.78 is 23.6. The highest BCUT2D eigenvalue weighted by molar-refractivity contribution is 5.70. The number of aliphatic hydroxyl groups excluding tert-OH is 9. The van der Waals surface area contributed by atoms with Crippen LogP contribution >= 0.6 is 0 Å². The number of hydrogen-bond donors (Lipinski definition) is 11. The van der Waals surface area contributed by atoms with Gasteiger partial charge in [0.2, 0.25) is 0 Å². The monoisotopic (exact) mass is 894 g/mol. The van der Waals surface area contributed by atoms with Crippen LogP contribution in [0.3, 0.4) is 0 Å². The third-order valence-corrected chi connectivity index (χ3v) is 12.1. The third-order valence-electron chi connectivity index (χ3n) is 12.1. The average molecular weight is 894 g/mol. The average Bonchev–Trinajstić information content (AvgIpc) is 3.21. The molecule has 0 saturated carbocycles. The number of rotatable bonds is 2. The topological polar surface area (TPSA) is 282 Å². The molecule has 19 atom stereocenters. The van der Waals surface area contributed by atoms with E-state index in [1.54, 1.807) is 58.1 Å². The second-order valence-electron chi connectivity index (χ2n) is 17.6. The van der Waals surface area contributed by atoms with E-state index in [0.717, 1.165) is 0 Å². The van der Waals surface area contributed by atoms with Gasteiger partial charge in [0, 0.05) is 43.4 Å². The van der Waals surface area contributed by atoms with Crippen LogP contribution in [0.2, 0.25) is 0 Å². The molecule has 0 aromatic carbocycles. The summed E-state index contributed by atoms with van der Waals surface area (Å²) in [7, 11) is 0. The predicted octanol–water partition coefficient (Wildman–Crippen LogP) is 1.65. The minimum Gasteiger partial charge on any atom is -0.462 e. The standard InChI is InChI=1S/C47H75NO15/c1-28-18-16-14-12-10-8-6-7-9-11-13-15-17-19-36(62-46-45(58)42(48)44(57)32(5)61-46)25-40-30(3)39(54)27-47(59,63-40)26-35(51)23-38(53)37(52)21-20-33(49)22-34(50)24-41(55)60-31(4)29(2)43(28)56/h6-19,28-40,42-46,49-54,56-59H,20-27,48H2,1-5H3/b7-6+,10-8+,11-9+,14-12+,15-13+,18-16+,19-17+/t28-,29-,30+,31-,32?,33+,34+,35-,36-,37+,38+,39?,40-,42?,43+,44?,45?,46?,47+/m0/s1. The molecule has 0 spiro atoms. The van der Waals surface area contributed by atoms with E-state index < -0.39 is 128 Å². The van der Waals surface area contributed by atoms with Crippen LogP contribution in [0.1, 0.15) is 86.0 Å². The number of cyclic esters (lactones) is 1. The Morgan fingerprint density at radius 1 is 0.603 bits per heavy atom. The van der Waals surface area contributed by atoms with Crippen LogP contribution < -0.4 is 5.73 Å². The Labute approximate surface area is 372 Å². The number of carbonyl (C=O) groups is 1. The Hall–Kier alpha value is -2.91. The third kappa shape index (κ3) is 18.5. The van der Waals surface area contributed by atoms with Gasteiger partial charge >= 0.3 is 5.97 Å². The van der Waals surface area contributed by atoms with E-state index in [9.17, 15) is 55.9 Å². The summed E-state index contributed by atoms with van der Waals surface area (Å²) in [6.45, 7) is 8.60. The van der Waals surface area contributed by atoms with Crippen LogP contribution in [0.4, 0.5) is 0 Å². The van der Waals surface area contributed by atoms with Gasteiger partial charge < -0.3 is 75.7 Å². The highest BCUT2D eigenvalue weighted by atomic mass is 16.7. The first-order chi connectivity index (χ1) is 29.7. The van der Waals surface area contributed by atoms with Crippen molar-refractivity contribution < 1.29 is 74.8 Å². The van der Waals surface area contributed by atoms with Crippen molar-refractivity contribution in [3.05, 3.63) is 85.1 Å². The second-order valence-corrected chi connectivity index (χ2v) is 17.6. The van der Waals surface area contributed by atoms with Crippen molar-refractivity contribution >= 4 is 5.97 Å². The van der Waals surface area contributed by atoms with Crippen molar-refractivity contribution in [1.29, 1.82) is 0 Å². The van der Waals surface area contributed by atoms with Gasteiger partial charge in [-0.05, 0) is 33.1 Å². The second kappa shape index (κ2) is 26.9. The van der Waals surface area contributed by atoms with Gasteiger partial charge in [-0.25, -0.2) is 0 Å². The number of nitrogens with two attached hydrogens (primary N) is 1. The lowest BCUT2D eigenvalue weighted by molar-refractivity contribution is -0.309. The summed E-state index contributed by atoms with van der Waals surface area (Å²) in [5.41, 5.74) is 6.05. The number of ether oxygens (including phenoxy) is 4. The molecule has 12 N–H and O–H groups in total. The van der Waals surface area contributed by atoms with Crippen LogP contribution in [0, 0.1) is 17.8 Å². The Bertz CT molecular complexity index is 1570. The van der Waals surface area contributed by atoms with Crippen molar-refractivity contribution in [2.75, 3.05) is 0 Å². The van der Waals surface area contributed by atoms with Gasteiger partial charge in [0.25, 0.3) is 0 Å². The molecular formula is C47H75NO15. The van der Waals surface area contributed by atoms with E-state index in [0.29, 0.717) is 0 Å². The molecule has 3 heterocycles. The van der Waals surface area contributed by atoms with E-state index in [2.05, 4.69) is 0 Å². The Kier molecular flexibility index (Phi) is 23.2. The van der Waals surface area contributed by atoms with Gasteiger partial charge in [-0.2, -0.15) is 0 Å². The Morgan fingerprint density at radius 2 is 1.17 bits per heavy atom. The summed E-state index contributed by atoms with van der Waals surface area (Å²) in [6, 6.07) is -1.05. The predicted molar refractivity (Wildman–Crippen MR) is 235 cm³/mol. The maximum atomic E-state index is 12.6. The normalized spacial score (nSPS) is 46.6. The highest BCUT2D eigenvalue weighted by Crippen LogP contribution is 2.37. The lowest BCUT2D eigenvalue weighted by atomic mass is 9.84. The summed E-state index contributed by atoms with van der Waals surface area (Å²) in [5, 5.41) is 108. The molecule has 0 radical (unpaired) electrons. The fraction of sp³-hybridized carbons (Fsp3) is 0.681. The molecule has 0 amide bonds. The van der Waals surface area contributed by atoms with Crippen LogP contribution in [0.15, 0.2) is 85.1 Å². The number of allylic oxidation sites excluding steroid dienone is 12. The first-order valence-corrected chi connectivity index (χ1v) is 22.2. The molecule has 2 saturated heterocycles. The van der Waals surface area contributed by atoms with Crippen LogP contribution in [-0.2, 0) is 23.7 Å². The largest absolute Gasteiger partial charge is 0.462 e. The first-order valence-electron chi connectivity index (χ1n) is 22.2. The van der Waals surface area contributed by atoms with Crippen molar-refractivity contribution in [3.8, 4) is 0 Å². The lowest BCUT2D eigenvalue weighted by Gasteiger charge is -2.45. The van der Waals surface area contributed by atoms with E-state index in [-0.39, 0.29) is 44.4 Å². The van der Waals surface area contributed by atoms with Crippen LogP contribution in [0.5, 0.6) is 0 Å². The summed E-state index contributed by atoms with van der Waals surface area (Å²) in [4.78, 5) is 12.6. The van der Waals surface area contributed by atoms with E-state index in [4.69, 9.17) is 24.7 Å². The molecule has 0 aromatic heterocycles. The van der Waals surface area contributed by atoms with Crippen molar-refractivity contribution in [2.45, 2.75) is 183 Å². The molecule has 16 heteroatoms. The molecule has 3 rings (SSSR count). The fourth-order valence-corrected chi connectivity index (χ4v) is 7.81. The molecule has 2 fully saturated rings. The Morgan fingerprint density at radius 3 is 1.78 bits per heavy atom. The molecular weight excluding hydrogens is 819 g/mol. The molecule has 0 aromatic rings. The summed E-state index contributed by atoms with van der Waals surface area (Å²) in [5.74, 6) is -3.96. The van der Waals surface area contributed by atoms with E-state index in [1.165, 1.54) is 0 Å². The zero-order chi connectivity index (χ0) is 46.9. The lowest BCUT2D eigenvalue weighted by Crippen LogP contribution is -2.61. The Balaban J connectivity index is 1.81. The van der Waals surface area contributed by atoms with E-state index >= 15 is 0 Å². The first kappa shape index (κ1) is 54.4. The SMILES string of the molecule is CC1OC(O[C@H]2/C=C/C=C/C=C/C=C/C=C/C=C/C=C/[C@H](C)[C@@H](O)[C@@H](C)[C@H](C)OC(=O)C[C@H](O)C[C@H](O)CC[C@@H](O)[C@H](O)C[C@H](O)C[C@]3(O)CC(O)[C@@H](C)[C@H](C2)O3)C(O)C(N)C1O. The molecule has 358 valence electrons. The van der Waals surface area contributed by atoms with Gasteiger partial charge in [-0.15, -0.1) is 0 Å². The molecule has 3 aliphatic rings. The van der Waals surface area contributed by atoms with Crippen LogP contribution in [-0.4, -0.2) is 155 Å². The molecule has 16 nitrogen and oxygen atoms in total. The van der Waals surface area contributed by atoms with Gasteiger partial charge in [-0.1, -0.05) is 106 Å². The smallest absolute Gasteiger partial charge is 0.308 e. The highest BCUT2D eigenvalue weighted by Gasteiger charge is 2.47. The van der Waals surface area contributed by atoms with Gasteiger partial charge in [-0.3, -0.25) is 4.79 Å². The van der Waals surface area contributed by atoms with Crippen LogP contribution in [0.25, 0.3) is 0 Å². The zero-order valence-corrected chi connectivity index (χ0v) is 37.2. The number of aliphatic hydroxyl groups is 10. The minimum atomic E-state index is -2.05. The molecule has 2 bridgehead atoms. The number of esters is 1. The minimum absolute atomic E-state index is 0.0493. The molecule has 0 aliphatic carbocycles. The van der Waals surface area contributed by atoms with Crippen molar-refractivity contribution in [1.82, 2.24) is 0 Å². The summed E-state index contributed by atoms with van der Waals surface area (Å²) in [6.07, 6.45) is 8.05. The fourth-order valence-electron chi connectivity index (χ4n) is 7.81. The zero-order valence-electron chi connectivity index (χ0n) is 37.2. The van der Waals surface area contributed by atoms with Crippen molar-refractivity contribution in [2.24, 2.45) is 23.5 Å². The van der Waals surface area contributed by atoms with E-state index in [1.807, 2.05) is 61.6 Å². The maximum absolute atomic E-state index is 12.6. The molecule has 63 heavy (non-hydrogen) atoms. The van der Waals surface area contributed by atoms with Crippen molar-refractivity contribution in [3.63, 3.8) is 0 Å². The maximum Gasteiger partial charge on any atom is 0.308 e. The van der Waals surface area contributed by atoms with Gasteiger partial charge in [0.1, 0.15) is 12.2 Å².